The molecule has 0 spiro atoms. The number of benzene rings is 1. The summed E-state index contributed by atoms with van der Waals surface area (Å²) in [4.78, 5) is 116. The molecule has 8 amide bonds. The summed E-state index contributed by atoms with van der Waals surface area (Å²) in [5.74, 6) is -8.65. The highest BCUT2D eigenvalue weighted by atomic mass is 32.2. The van der Waals surface area contributed by atoms with Crippen molar-refractivity contribution in [3.8, 4) is 0 Å². The maximum atomic E-state index is 13.8. The molecule has 60 heavy (non-hydrogen) atoms. The lowest BCUT2D eigenvalue weighted by Crippen LogP contribution is -2.61. The molecule has 8 atom stereocenters. The van der Waals surface area contributed by atoms with Crippen molar-refractivity contribution in [1.29, 1.82) is 0 Å². The van der Waals surface area contributed by atoms with Gasteiger partial charge in [-0.15, -0.1) is 0 Å². The molecule has 0 radical (unpaired) electrons. The van der Waals surface area contributed by atoms with Gasteiger partial charge in [0.15, 0.2) is 0 Å². The molecule has 22 heteroatoms. The zero-order valence-corrected chi connectivity index (χ0v) is 35.5. The number of aliphatic carboxylic acids is 1. The fraction of sp³-hybridized carbons (Fsp3) is 0.605. The van der Waals surface area contributed by atoms with Crippen LogP contribution in [0.2, 0.25) is 0 Å². The molecule has 0 aliphatic rings. The second-order valence-electron chi connectivity index (χ2n) is 14.9. The molecule has 1 aromatic rings. The number of rotatable bonds is 27. The lowest BCUT2D eigenvalue weighted by molar-refractivity contribution is -0.141. The molecule has 0 aliphatic heterocycles. The SMILES string of the molecule is CSCC[C@H](NC(=O)[C@H](CC(C)C)NC(=O)CNC(=O)[C@@H](NC(=O)[C@H](Cc1ccccc1)NC(=O)[C@H](CO)NC(=O)[C@H](CC(=O)O)NC(=O)[C@@H](N)[C@@H](C)O)C(C)C)C(N)=O. The van der Waals surface area contributed by atoms with Gasteiger partial charge in [0.05, 0.1) is 25.7 Å². The summed E-state index contributed by atoms with van der Waals surface area (Å²) < 4.78 is 0. The fourth-order valence-electron chi connectivity index (χ4n) is 5.48. The monoisotopic (exact) mass is 867 g/mol. The lowest BCUT2D eigenvalue weighted by atomic mass is 10.0. The minimum Gasteiger partial charge on any atom is -0.481 e. The normalized spacial score (nSPS) is 15.1. The van der Waals surface area contributed by atoms with Gasteiger partial charge in [-0.25, -0.2) is 0 Å². The van der Waals surface area contributed by atoms with Gasteiger partial charge in [-0.2, -0.15) is 11.8 Å². The van der Waals surface area contributed by atoms with Gasteiger partial charge in [-0.05, 0) is 49.2 Å². The average molecular weight is 868 g/mol. The van der Waals surface area contributed by atoms with Crippen LogP contribution < -0.4 is 48.7 Å². The number of aliphatic hydroxyl groups is 2. The van der Waals surface area contributed by atoms with Crippen molar-refractivity contribution >= 4 is 65.0 Å². The first-order chi connectivity index (χ1) is 28.1. The molecule has 21 nitrogen and oxygen atoms in total. The molecule has 14 N–H and O–H groups in total. The average Bonchev–Trinajstić information content (AvgIpc) is 3.17. The van der Waals surface area contributed by atoms with E-state index in [0.717, 1.165) is 0 Å². The first kappa shape index (κ1) is 52.7. The van der Waals surface area contributed by atoms with E-state index in [4.69, 9.17) is 11.5 Å². The highest BCUT2D eigenvalue weighted by molar-refractivity contribution is 7.98. The predicted molar refractivity (Wildman–Crippen MR) is 220 cm³/mol. The number of hydrogen-bond donors (Lipinski definition) is 12. The van der Waals surface area contributed by atoms with Gasteiger partial charge in [0.25, 0.3) is 0 Å². The first-order valence-corrected chi connectivity index (χ1v) is 20.7. The topological polar surface area (TPSA) is 351 Å². The summed E-state index contributed by atoms with van der Waals surface area (Å²) in [5, 5.41) is 45.8. The Labute approximate surface area is 353 Å². The molecule has 0 saturated heterocycles. The standard InChI is InChI=1S/C38H61N9O12S/c1-19(2)14-24(33(54)43-23(32(40)53)12-13-60-6)42-28(50)17-41-38(59)31(20(3)4)47-35(56)25(15-22-10-8-7-9-11-22)44-36(57)27(18-48)46-34(55)26(16-29(51)52)45-37(58)30(39)21(5)49/h7-11,19-21,23-27,30-31,48-49H,12-18,39H2,1-6H3,(H2,40,53)(H,41,59)(H,42,50)(H,43,54)(H,44,57)(H,45,58)(H,46,55)(H,47,56)(H,51,52)/t21-,23+,24+,25+,26+,27+,30+,31+/m1/s1. The number of nitrogens with two attached hydrogens (primary N) is 2. The van der Waals surface area contributed by atoms with Crippen molar-refractivity contribution in [3.05, 3.63) is 35.9 Å². The zero-order chi connectivity index (χ0) is 45.7. The molecular formula is C38H61N9O12S. The van der Waals surface area contributed by atoms with Crippen molar-refractivity contribution in [3.63, 3.8) is 0 Å². The molecule has 1 rings (SSSR count). The molecule has 0 saturated carbocycles. The largest absolute Gasteiger partial charge is 0.481 e. The number of hydrogen-bond acceptors (Lipinski definition) is 13. The van der Waals surface area contributed by atoms with Gasteiger partial charge in [-0.3, -0.25) is 43.2 Å². The van der Waals surface area contributed by atoms with Gasteiger partial charge in [0, 0.05) is 6.42 Å². The Kier molecular flexibility index (Phi) is 23.5. The van der Waals surface area contributed by atoms with Crippen molar-refractivity contribution in [1.82, 2.24) is 37.2 Å². The van der Waals surface area contributed by atoms with Crippen LogP contribution in [0.4, 0.5) is 0 Å². The number of carboxylic acids is 1. The molecule has 0 unspecified atom stereocenters. The summed E-state index contributed by atoms with van der Waals surface area (Å²) in [6.45, 7) is 6.46. The summed E-state index contributed by atoms with van der Waals surface area (Å²) in [7, 11) is 0. The van der Waals surface area contributed by atoms with E-state index in [2.05, 4.69) is 37.2 Å². The minimum absolute atomic E-state index is 0.0509. The molecule has 0 aliphatic carbocycles. The molecule has 0 fully saturated rings. The number of carbonyl (C=O) groups excluding carboxylic acids is 8. The van der Waals surface area contributed by atoms with E-state index in [-0.39, 0.29) is 25.2 Å². The highest BCUT2D eigenvalue weighted by Gasteiger charge is 2.34. The van der Waals surface area contributed by atoms with E-state index in [1.54, 1.807) is 44.2 Å². The Morgan fingerprint density at radius 2 is 1.23 bits per heavy atom. The Bertz CT molecular complexity index is 1630. The number of carbonyl (C=O) groups is 9. The van der Waals surface area contributed by atoms with Crippen LogP contribution in [0.3, 0.4) is 0 Å². The predicted octanol–water partition coefficient (Wildman–Crippen LogP) is -3.63. The van der Waals surface area contributed by atoms with Crippen molar-refractivity contribution in [2.24, 2.45) is 23.3 Å². The van der Waals surface area contributed by atoms with E-state index in [1.165, 1.54) is 18.7 Å². The molecule has 1 aromatic carbocycles. The van der Waals surface area contributed by atoms with E-state index in [9.17, 15) is 58.5 Å². The second-order valence-corrected chi connectivity index (χ2v) is 15.8. The summed E-state index contributed by atoms with van der Waals surface area (Å²) >= 11 is 1.46. The van der Waals surface area contributed by atoms with Crippen molar-refractivity contribution < 1.29 is 58.5 Å². The molecule has 0 heterocycles. The van der Waals surface area contributed by atoms with Crippen LogP contribution in [-0.4, -0.2) is 142 Å². The van der Waals surface area contributed by atoms with Crippen LogP contribution in [0, 0.1) is 11.8 Å². The molecule has 336 valence electrons. The Morgan fingerprint density at radius 1 is 0.700 bits per heavy atom. The van der Waals surface area contributed by atoms with Crippen LogP contribution in [0.25, 0.3) is 0 Å². The van der Waals surface area contributed by atoms with Crippen LogP contribution in [0.5, 0.6) is 0 Å². The third-order valence-corrected chi connectivity index (χ3v) is 9.51. The third kappa shape index (κ3) is 19.2. The lowest BCUT2D eigenvalue weighted by Gasteiger charge is -2.27. The Morgan fingerprint density at radius 3 is 1.75 bits per heavy atom. The smallest absolute Gasteiger partial charge is 0.305 e. The first-order valence-electron chi connectivity index (χ1n) is 19.3. The molecule has 0 bridgehead atoms. The molecular weight excluding hydrogens is 807 g/mol. The number of carboxylic acid groups (broad SMARTS) is 1. The zero-order valence-electron chi connectivity index (χ0n) is 34.7. The Hall–Kier alpha value is -5.32. The summed E-state index contributed by atoms with van der Waals surface area (Å²) in [5.41, 5.74) is 11.6. The van der Waals surface area contributed by atoms with E-state index in [1.807, 2.05) is 20.1 Å². The summed E-state index contributed by atoms with van der Waals surface area (Å²) in [6.07, 6.45) is -0.115. The number of primary amides is 1. The number of amides is 8. The third-order valence-electron chi connectivity index (χ3n) is 8.86. The number of aliphatic hydroxyl groups excluding tert-OH is 2. The van der Waals surface area contributed by atoms with Gasteiger partial charge in [0.1, 0.15) is 42.3 Å². The quantitative estimate of drug-likeness (QED) is 0.0406. The van der Waals surface area contributed by atoms with Crippen LogP contribution in [0.15, 0.2) is 30.3 Å². The minimum atomic E-state index is -1.78. The van der Waals surface area contributed by atoms with Crippen LogP contribution >= 0.6 is 11.8 Å². The van der Waals surface area contributed by atoms with Gasteiger partial charge in [0.2, 0.25) is 47.3 Å². The fourth-order valence-corrected chi connectivity index (χ4v) is 5.95. The maximum absolute atomic E-state index is 13.8. The van der Waals surface area contributed by atoms with E-state index in [0.29, 0.717) is 11.3 Å². The van der Waals surface area contributed by atoms with E-state index < -0.39 is 127 Å². The van der Waals surface area contributed by atoms with Crippen LogP contribution in [-0.2, 0) is 49.6 Å². The summed E-state index contributed by atoms with van der Waals surface area (Å²) in [6, 6.07) is -1.36. The highest BCUT2D eigenvalue weighted by Crippen LogP contribution is 2.10. The van der Waals surface area contributed by atoms with Crippen LogP contribution in [0.1, 0.15) is 59.4 Å². The second kappa shape index (κ2) is 26.7. The van der Waals surface area contributed by atoms with Gasteiger partial charge < -0.3 is 64.0 Å². The van der Waals surface area contributed by atoms with E-state index >= 15 is 0 Å². The number of thioether (sulfide) groups is 1. The van der Waals surface area contributed by atoms with Crippen molar-refractivity contribution in [2.75, 3.05) is 25.2 Å². The number of nitrogens with one attached hydrogen (secondary N) is 7. The van der Waals surface area contributed by atoms with Gasteiger partial charge >= 0.3 is 5.97 Å². The Balaban J connectivity index is 3.18. The van der Waals surface area contributed by atoms with Gasteiger partial charge in [-0.1, -0.05) is 58.0 Å². The maximum Gasteiger partial charge on any atom is 0.305 e. The van der Waals surface area contributed by atoms with Crippen molar-refractivity contribution in [2.45, 2.75) is 109 Å². The molecule has 0 aromatic heterocycles.